The van der Waals surface area contributed by atoms with E-state index in [1.807, 2.05) is 18.2 Å². The van der Waals surface area contributed by atoms with Crippen LogP contribution >= 0.6 is 15.9 Å². The van der Waals surface area contributed by atoms with Crippen molar-refractivity contribution in [1.29, 1.82) is 0 Å². The van der Waals surface area contributed by atoms with Crippen molar-refractivity contribution >= 4 is 21.8 Å². The van der Waals surface area contributed by atoms with Crippen LogP contribution in [0.25, 0.3) is 0 Å². The molecule has 0 aromatic heterocycles. The van der Waals surface area contributed by atoms with E-state index in [0.29, 0.717) is 17.7 Å². The van der Waals surface area contributed by atoms with Gasteiger partial charge in [0, 0.05) is 12.1 Å². The summed E-state index contributed by atoms with van der Waals surface area (Å²) in [6.45, 7) is 2.02. The molecular formula is C16H15BrFNO2. The fourth-order valence-corrected chi connectivity index (χ4v) is 2.48. The summed E-state index contributed by atoms with van der Waals surface area (Å²) in [5.41, 5.74) is 1.84. The third kappa shape index (κ3) is 3.82. The minimum Gasteiger partial charge on any atom is -0.496 e. The van der Waals surface area contributed by atoms with Crippen LogP contribution in [0.3, 0.4) is 0 Å². The SMILES string of the molecule is COc1ccc(CNC(=O)c2ccc(F)c(C)c2)cc1Br. The maximum absolute atomic E-state index is 13.2. The molecule has 21 heavy (non-hydrogen) atoms. The second-order valence-electron chi connectivity index (χ2n) is 4.62. The van der Waals surface area contributed by atoms with Gasteiger partial charge in [0.1, 0.15) is 11.6 Å². The van der Waals surface area contributed by atoms with E-state index in [0.717, 1.165) is 15.8 Å². The zero-order valence-electron chi connectivity index (χ0n) is 11.7. The Kier molecular flexibility index (Phi) is 4.96. The number of benzene rings is 2. The molecule has 2 aromatic carbocycles. The Balaban J connectivity index is 2.03. The lowest BCUT2D eigenvalue weighted by Gasteiger charge is -2.08. The number of ether oxygens (including phenoxy) is 1. The normalized spacial score (nSPS) is 10.3. The molecule has 0 heterocycles. The van der Waals surface area contributed by atoms with Crippen molar-refractivity contribution < 1.29 is 13.9 Å². The molecule has 0 saturated carbocycles. The van der Waals surface area contributed by atoms with E-state index < -0.39 is 0 Å². The number of halogens is 2. The third-order valence-corrected chi connectivity index (χ3v) is 3.71. The van der Waals surface area contributed by atoms with E-state index in [9.17, 15) is 9.18 Å². The van der Waals surface area contributed by atoms with Gasteiger partial charge in [-0.3, -0.25) is 4.79 Å². The number of carbonyl (C=O) groups is 1. The highest BCUT2D eigenvalue weighted by Gasteiger charge is 2.08. The van der Waals surface area contributed by atoms with Crippen LogP contribution in [0.4, 0.5) is 4.39 Å². The Morgan fingerprint density at radius 1 is 1.29 bits per heavy atom. The van der Waals surface area contributed by atoms with E-state index in [1.165, 1.54) is 18.2 Å². The Labute approximate surface area is 131 Å². The van der Waals surface area contributed by atoms with Gasteiger partial charge in [0.2, 0.25) is 0 Å². The van der Waals surface area contributed by atoms with Crippen molar-refractivity contribution in [2.75, 3.05) is 7.11 Å². The van der Waals surface area contributed by atoms with Crippen LogP contribution in [-0.4, -0.2) is 13.0 Å². The van der Waals surface area contributed by atoms with Crippen molar-refractivity contribution in [3.8, 4) is 5.75 Å². The van der Waals surface area contributed by atoms with Crippen molar-refractivity contribution in [1.82, 2.24) is 5.32 Å². The first-order chi connectivity index (χ1) is 10.0. The minimum atomic E-state index is -0.314. The molecule has 1 N–H and O–H groups in total. The van der Waals surface area contributed by atoms with Crippen LogP contribution in [0, 0.1) is 12.7 Å². The summed E-state index contributed by atoms with van der Waals surface area (Å²) >= 11 is 3.40. The molecule has 0 aliphatic carbocycles. The molecule has 0 atom stereocenters. The topological polar surface area (TPSA) is 38.3 Å². The lowest BCUT2D eigenvalue weighted by Crippen LogP contribution is -2.22. The van der Waals surface area contributed by atoms with E-state index in [1.54, 1.807) is 14.0 Å². The number of hydrogen-bond donors (Lipinski definition) is 1. The quantitative estimate of drug-likeness (QED) is 0.908. The molecule has 0 aliphatic heterocycles. The van der Waals surface area contributed by atoms with Gasteiger partial charge in [-0.1, -0.05) is 6.07 Å². The van der Waals surface area contributed by atoms with E-state index in [-0.39, 0.29) is 11.7 Å². The van der Waals surface area contributed by atoms with Crippen LogP contribution in [-0.2, 0) is 6.54 Å². The smallest absolute Gasteiger partial charge is 0.251 e. The van der Waals surface area contributed by atoms with E-state index in [4.69, 9.17) is 4.74 Å². The molecule has 0 spiro atoms. The molecule has 0 fully saturated rings. The number of aryl methyl sites for hydroxylation is 1. The molecule has 2 aromatic rings. The Bertz CT molecular complexity index is 673. The van der Waals surface area contributed by atoms with Gasteiger partial charge >= 0.3 is 0 Å². The highest BCUT2D eigenvalue weighted by atomic mass is 79.9. The van der Waals surface area contributed by atoms with Crippen LogP contribution in [0.5, 0.6) is 5.75 Å². The Hall–Kier alpha value is -1.88. The summed E-state index contributed by atoms with van der Waals surface area (Å²) in [7, 11) is 1.60. The molecule has 0 unspecified atom stereocenters. The predicted molar refractivity (Wildman–Crippen MR) is 83.0 cm³/mol. The van der Waals surface area contributed by atoms with Crippen molar-refractivity contribution in [2.24, 2.45) is 0 Å². The fourth-order valence-electron chi connectivity index (χ4n) is 1.89. The number of amides is 1. The summed E-state index contributed by atoms with van der Waals surface area (Å²) in [4.78, 5) is 12.0. The van der Waals surface area contributed by atoms with E-state index >= 15 is 0 Å². The maximum Gasteiger partial charge on any atom is 0.251 e. The average Bonchev–Trinajstić information content (AvgIpc) is 2.47. The molecule has 0 radical (unpaired) electrons. The number of rotatable bonds is 4. The van der Waals surface area contributed by atoms with Gasteiger partial charge in [0.15, 0.2) is 0 Å². The molecule has 0 bridgehead atoms. The first-order valence-corrected chi connectivity index (χ1v) is 7.17. The van der Waals surface area contributed by atoms with Gasteiger partial charge in [-0.05, 0) is 64.3 Å². The number of hydrogen-bond acceptors (Lipinski definition) is 2. The summed E-state index contributed by atoms with van der Waals surface area (Å²) in [6.07, 6.45) is 0. The standard InChI is InChI=1S/C16H15BrFNO2/c1-10-7-12(4-5-14(10)18)16(20)19-9-11-3-6-15(21-2)13(17)8-11/h3-8H,9H2,1-2H3,(H,19,20). The second kappa shape index (κ2) is 6.72. The molecule has 2 rings (SSSR count). The average molecular weight is 352 g/mol. The van der Waals surface area contributed by atoms with Gasteiger partial charge in [-0.2, -0.15) is 0 Å². The molecule has 1 amide bonds. The zero-order valence-corrected chi connectivity index (χ0v) is 13.3. The van der Waals surface area contributed by atoms with Crippen LogP contribution in [0.1, 0.15) is 21.5 Å². The van der Waals surface area contributed by atoms with E-state index in [2.05, 4.69) is 21.2 Å². The van der Waals surface area contributed by atoms with Crippen LogP contribution in [0.15, 0.2) is 40.9 Å². The first kappa shape index (κ1) is 15.5. The summed E-state index contributed by atoms with van der Waals surface area (Å²) in [5, 5.41) is 2.80. The molecule has 3 nitrogen and oxygen atoms in total. The number of nitrogens with one attached hydrogen (secondary N) is 1. The van der Waals surface area contributed by atoms with Crippen molar-refractivity contribution in [2.45, 2.75) is 13.5 Å². The van der Waals surface area contributed by atoms with Crippen molar-refractivity contribution in [3.05, 3.63) is 63.4 Å². The number of methoxy groups -OCH3 is 1. The predicted octanol–water partition coefficient (Wildman–Crippen LogP) is 3.84. The van der Waals surface area contributed by atoms with Gasteiger partial charge in [-0.25, -0.2) is 4.39 Å². The number of carbonyl (C=O) groups excluding carboxylic acids is 1. The lowest BCUT2D eigenvalue weighted by atomic mass is 10.1. The lowest BCUT2D eigenvalue weighted by molar-refractivity contribution is 0.0951. The monoisotopic (exact) mass is 351 g/mol. The van der Waals surface area contributed by atoms with Gasteiger partial charge < -0.3 is 10.1 Å². The minimum absolute atomic E-state index is 0.231. The summed E-state index contributed by atoms with van der Waals surface area (Å²) in [5.74, 6) is 0.190. The molecule has 0 saturated heterocycles. The van der Waals surface area contributed by atoms with Gasteiger partial charge in [0.25, 0.3) is 5.91 Å². The fraction of sp³-hybridized carbons (Fsp3) is 0.188. The largest absolute Gasteiger partial charge is 0.496 e. The highest BCUT2D eigenvalue weighted by molar-refractivity contribution is 9.10. The maximum atomic E-state index is 13.2. The molecule has 110 valence electrons. The molecule has 0 aliphatic rings. The van der Waals surface area contributed by atoms with Crippen LogP contribution < -0.4 is 10.1 Å². The Morgan fingerprint density at radius 2 is 2.05 bits per heavy atom. The van der Waals surface area contributed by atoms with Crippen LogP contribution in [0.2, 0.25) is 0 Å². The van der Waals surface area contributed by atoms with Crippen molar-refractivity contribution in [3.63, 3.8) is 0 Å². The van der Waals surface area contributed by atoms with Gasteiger partial charge in [-0.15, -0.1) is 0 Å². The van der Waals surface area contributed by atoms with Gasteiger partial charge in [0.05, 0.1) is 11.6 Å². The highest BCUT2D eigenvalue weighted by Crippen LogP contribution is 2.25. The zero-order chi connectivity index (χ0) is 15.4. The molecule has 5 heteroatoms. The first-order valence-electron chi connectivity index (χ1n) is 6.38. The third-order valence-electron chi connectivity index (χ3n) is 3.09. The summed E-state index contributed by atoms with van der Waals surface area (Å²) in [6, 6.07) is 9.90. The Morgan fingerprint density at radius 3 is 2.67 bits per heavy atom. The molecular weight excluding hydrogens is 337 g/mol. The second-order valence-corrected chi connectivity index (χ2v) is 5.47. The summed E-state index contributed by atoms with van der Waals surface area (Å²) < 4.78 is 19.2.